The van der Waals surface area contributed by atoms with Crippen LogP contribution in [-0.4, -0.2) is 77.1 Å². The molecule has 0 aromatic heterocycles. The molecule has 0 spiro atoms. The first-order valence-corrected chi connectivity index (χ1v) is 15.3. The van der Waals surface area contributed by atoms with Crippen molar-refractivity contribution in [2.75, 3.05) is 31.2 Å². The predicted octanol–water partition coefficient (Wildman–Crippen LogP) is 4.85. The molecule has 1 aliphatic rings. The molecule has 0 aliphatic carbocycles. The van der Waals surface area contributed by atoms with Crippen LogP contribution < -0.4 is 5.32 Å². The van der Waals surface area contributed by atoms with Gasteiger partial charge in [-0.3, -0.25) is 14.4 Å². The van der Waals surface area contributed by atoms with Crippen LogP contribution in [0.3, 0.4) is 0 Å². The lowest BCUT2D eigenvalue weighted by molar-refractivity contribution is -0.133. The summed E-state index contributed by atoms with van der Waals surface area (Å²) in [5.41, 5.74) is 0. The summed E-state index contributed by atoms with van der Waals surface area (Å²) in [6.07, 6.45) is 6.88. The molecule has 1 rings (SSSR count). The molecule has 0 unspecified atom stereocenters. The highest BCUT2D eigenvalue weighted by atomic mass is 33.1. The predicted molar refractivity (Wildman–Crippen MR) is 146 cm³/mol. The average Bonchev–Trinajstić information content (AvgIpc) is 3.25. The summed E-state index contributed by atoms with van der Waals surface area (Å²) in [5.74, 6) is 2.39. The van der Waals surface area contributed by atoms with Crippen molar-refractivity contribution in [1.29, 1.82) is 0 Å². The molecule has 1 aliphatic heterocycles. The fourth-order valence-corrected chi connectivity index (χ4v) is 5.28. The number of hydrogen-bond donors (Lipinski definition) is 2. The van der Waals surface area contributed by atoms with Crippen LogP contribution in [0.25, 0.3) is 0 Å². The van der Waals surface area contributed by atoms with Crippen molar-refractivity contribution in [3.63, 3.8) is 0 Å². The van der Waals surface area contributed by atoms with Gasteiger partial charge in [-0.1, -0.05) is 28.5 Å². The van der Waals surface area contributed by atoms with Crippen LogP contribution in [0.4, 0.5) is 0 Å². The van der Waals surface area contributed by atoms with Crippen molar-refractivity contribution in [3.05, 3.63) is 0 Å². The molecule has 2 N–H and O–H groups in total. The molecule has 0 saturated carbocycles. The number of unbranched alkanes of at least 4 members (excludes halogenated alkanes) is 1. The van der Waals surface area contributed by atoms with Gasteiger partial charge in [-0.05, 0) is 59.8 Å². The number of hydrogen-bond acceptors (Lipinski definition) is 7. The molecule has 0 radical (unpaired) electrons. The molecule has 1 heterocycles. The number of aliphatic hydroxyl groups is 1. The van der Waals surface area contributed by atoms with E-state index in [4.69, 9.17) is 9.84 Å². The molecule has 1 atom stereocenters. The maximum atomic E-state index is 12.5. The summed E-state index contributed by atoms with van der Waals surface area (Å²) in [5, 5.41) is 11.0. The number of ketones is 1. The van der Waals surface area contributed by atoms with Crippen LogP contribution in [0, 0.1) is 0 Å². The lowest BCUT2D eigenvalue weighted by atomic mass is 10.1. The molecule has 0 bridgehead atoms. The summed E-state index contributed by atoms with van der Waals surface area (Å²) in [6.45, 7) is 11.5. The zero-order chi connectivity index (χ0) is 25.8. The number of Topliss-reactive ketones (excluding diaryl/α,β-unsaturated/α-hetero) is 1. The maximum absolute atomic E-state index is 12.5. The van der Waals surface area contributed by atoms with Crippen LogP contribution in [0.15, 0.2) is 0 Å². The third kappa shape index (κ3) is 19.5. The minimum Gasteiger partial charge on any atom is -0.394 e. The topological polar surface area (TPSA) is 95.9 Å². The van der Waals surface area contributed by atoms with E-state index in [0.717, 1.165) is 50.2 Å². The van der Waals surface area contributed by atoms with Crippen LogP contribution >= 0.6 is 21.6 Å². The van der Waals surface area contributed by atoms with Gasteiger partial charge in [0.05, 0.1) is 18.8 Å². The number of amides is 2. The van der Waals surface area contributed by atoms with Crippen molar-refractivity contribution in [1.82, 2.24) is 10.2 Å². The zero-order valence-corrected chi connectivity index (χ0v) is 23.6. The fourth-order valence-electron chi connectivity index (χ4n) is 3.29. The molecule has 2 amide bonds. The van der Waals surface area contributed by atoms with E-state index in [1.165, 1.54) is 0 Å². The van der Waals surface area contributed by atoms with E-state index in [1.54, 1.807) is 35.4 Å². The number of rotatable bonds is 17. The van der Waals surface area contributed by atoms with Crippen molar-refractivity contribution in [2.24, 2.45) is 0 Å². The number of nitrogens with zero attached hydrogens (tertiary/aromatic N) is 1. The average molecular weight is 523 g/mol. The standard InChI is InChI=1S/C22H40N2O4S2.C3H8O.H2/c1-4-20(25)10-5-6-11-21(26)23-13-16-30-29-15-8-12-22(27)24-14-7-9-19(24)17-28-18(2)3;1-3(2)4;/h18-19H,4-17H2,1-3H3,(H,23,26);3-4H,1-2H3;1H/t19-;;/m0../s1. The highest BCUT2D eigenvalue weighted by Gasteiger charge is 2.28. The molecular weight excluding hydrogens is 472 g/mol. The second-order valence-corrected chi connectivity index (χ2v) is 11.8. The molecular formula is C25H50N2O5S2. The Balaban J connectivity index is 0. The van der Waals surface area contributed by atoms with Crippen LogP contribution in [0.2, 0.25) is 0 Å². The molecule has 34 heavy (non-hydrogen) atoms. The van der Waals surface area contributed by atoms with Crippen LogP contribution in [0.1, 0.15) is 93.8 Å². The van der Waals surface area contributed by atoms with E-state index in [0.29, 0.717) is 38.8 Å². The Bertz CT molecular complexity index is 565. The second-order valence-electron chi connectivity index (χ2n) is 9.06. The number of likely N-dealkylation sites (tertiary alicyclic amines) is 1. The van der Waals surface area contributed by atoms with Crippen molar-refractivity contribution in [2.45, 2.75) is 111 Å². The first-order valence-electron chi connectivity index (χ1n) is 12.8. The number of aliphatic hydroxyl groups excluding tert-OH is 1. The number of carbonyl (C=O) groups is 3. The minimum atomic E-state index is -0.167. The molecule has 1 fully saturated rings. The normalized spacial score (nSPS) is 15.4. The van der Waals surface area contributed by atoms with Crippen molar-refractivity contribution < 1.29 is 25.7 Å². The first kappa shape index (κ1) is 33.2. The van der Waals surface area contributed by atoms with E-state index in [-0.39, 0.29) is 37.3 Å². The Hall–Kier alpha value is -0.770. The highest BCUT2D eigenvalue weighted by molar-refractivity contribution is 8.76. The van der Waals surface area contributed by atoms with E-state index < -0.39 is 0 Å². The van der Waals surface area contributed by atoms with Crippen LogP contribution in [-0.2, 0) is 19.1 Å². The van der Waals surface area contributed by atoms with Gasteiger partial charge in [0.15, 0.2) is 0 Å². The van der Waals surface area contributed by atoms with E-state index in [2.05, 4.69) is 5.32 Å². The summed E-state index contributed by atoms with van der Waals surface area (Å²) >= 11 is 0. The number of ether oxygens (including phenoxy) is 1. The Morgan fingerprint density at radius 3 is 2.35 bits per heavy atom. The summed E-state index contributed by atoms with van der Waals surface area (Å²) in [4.78, 5) is 37.4. The van der Waals surface area contributed by atoms with Crippen molar-refractivity contribution in [3.8, 4) is 0 Å². The highest BCUT2D eigenvalue weighted by Crippen LogP contribution is 2.23. The smallest absolute Gasteiger partial charge is 0.222 e. The van der Waals surface area contributed by atoms with Gasteiger partial charge in [0.2, 0.25) is 11.8 Å². The molecule has 9 heteroatoms. The molecule has 202 valence electrons. The maximum Gasteiger partial charge on any atom is 0.222 e. The lowest BCUT2D eigenvalue weighted by Crippen LogP contribution is -2.38. The first-order chi connectivity index (χ1) is 16.2. The van der Waals surface area contributed by atoms with Gasteiger partial charge in [0, 0.05) is 57.8 Å². The number of nitrogens with one attached hydrogen (secondary N) is 1. The Morgan fingerprint density at radius 2 is 1.71 bits per heavy atom. The van der Waals surface area contributed by atoms with E-state index in [9.17, 15) is 14.4 Å². The zero-order valence-electron chi connectivity index (χ0n) is 22.0. The third-order valence-electron chi connectivity index (χ3n) is 5.03. The summed E-state index contributed by atoms with van der Waals surface area (Å²) < 4.78 is 5.70. The van der Waals surface area contributed by atoms with Gasteiger partial charge in [0.1, 0.15) is 5.78 Å². The van der Waals surface area contributed by atoms with Gasteiger partial charge in [-0.15, -0.1) is 0 Å². The molecule has 0 aromatic rings. The third-order valence-corrected chi connectivity index (χ3v) is 7.53. The summed E-state index contributed by atoms with van der Waals surface area (Å²) in [6, 6.07) is 0.248. The van der Waals surface area contributed by atoms with E-state index >= 15 is 0 Å². The Morgan fingerprint density at radius 1 is 1.06 bits per heavy atom. The second kappa shape index (κ2) is 21.5. The Kier molecular flexibility index (Phi) is 21.0. The van der Waals surface area contributed by atoms with Crippen molar-refractivity contribution >= 4 is 39.2 Å². The van der Waals surface area contributed by atoms with Gasteiger partial charge in [0.25, 0.3) is 0 Å². The van der Waals surface area contributed by atoms with Crippen LogP contribution in [0.5, 0.6) is 0 Å². The van der Waals surface area contributed by atoms with Gasteiger partial charge < -0.3 is 20.1 Å². The largest absolute Gasteiger partial charge is 0.394 e. The minimum absolute atomic E-state index is 0. The van der Waals surface area contributed by atoms with Gasteiger partial charge in [-0.25, -0.2) is 0 Å². The molecule has 1 saturated heterocycles. The molecule has 7 nitrogen and oxygen atoms in total. The Labute approximate surface area is 216 Å². The summed E-state index contributed by atoms with van der Waals surface area (Å²) in [7, 11) is 3.50. The monoisotopic (exact) mass is 522 g/mol. The van der Waals surface area contributed by atoms with Gasteiger partial charge in [-0.2, -0.15) is 0 Å². The lowest BCUT2D eigenvalue weighted by Gasteiger charge is -2.25. The SMILES string of the molecule is CC(C)O.CCC(=O)CCCCC(=O)NCCSSCCCC(=O)N1CCC[C@H]1COC(C)C.[HH]. The number of carbonyl (C=O) groups excluding carboxylic acids is 3. The van der Waals surface area contributed by atoms with Gasteiger partial charge >= 0.3 is 0 Å². The fraction of sp³-hybridized carbons (Fsp3) is 0.880. The quantitative estimate of drug-likeness (QED) is 0.208. The van der Waals surface area contributed by atoms with E-state index in [1.807, 2.05) is 25.7 Å². The molecule has 0 aromatic carbocycles.